The predicted octanol–water partition coefficient (Wildman–Crippen LogP) is 19.8. The van der Waals surface area contributed by atoms with E-state index in [0.717, 1.165) is 50.0 Å². The summed E-state index contributed by atoms with van der Waals surface area (Å²) in [7, 11) is 0. The van der Waals surface area contributed by atoms with E-state index in [2.05, 4.69) is 242 Å². The topological polar surface area (TPSA) is 36.7 Å². The van der Waals surface area contributed by atoms with E-state index in [-0.39, 0.29) is 54.3 Å². The van der Waals surface area contributed by atoms with Crippen LogP contribution in [0.1, 0.15) is 116 Å². The number of fused-ring (bicyclic) bond motifs is 16. The van der Waals surface area contributed by atoms with E-state index >= 15 is 0 Å². The number of hydrogen-bond donors (Lipinski definition) is 0. The second-order valence-corrected chi connectivity index (χ2v) is 30.6. The van der Waals surface area contributed by atoms with Gasteiger partial charge in [0.05, 0.1) is 39.4 Å². The molecule has 1 radical (unpaired) electrons. The second-order valence-electron chi connectivity index (χ2n) is 28.5. The van der Waals surface area contributed by atoms with Crippen molar-refractivity contribution >= 4 is 119 Å². The molecule has 0 N–H and O–H groups in total. The first-order valence-corrected chi connectivity index (χ1v) is 32.0. The summed E-state index contributed by atoms with van der Waals surface area (Å²) in [5.41, 5.74) is 27.6. The van der Waals surface area contributed by atoms with Crippen LogP contribution in [-0.4, -0.2) is 21.1 Å². The van der Waals surface area contributed by atoms with Gasteiger partial charge < -0.3 is 19.2 Å². The predicted molar refractivity (Wildman–Crippen MR) is 367 cm³/mol. The second kappa shape index (κ2) is 20.5. The molecule has 0 saturated heterocycles. The third-order valence-electron chi connectivity index (χ3n) is 18.4. The van der Waals surface area contributed by atoms with E-state index in [4.69, 9.17) is 4.98 Å². The van der Waals surface area contributed by atoms with Crippen molar-refractivity contribution in [1.29, 1.82) is 0 Å². The zero-order chi connectivity index (χ0) is 60.5. The molecule has 4 aliphatic rings. The third kappa shape index (κ3) is 9.37. The Morgan fingerprint density at radius 1 is 0.500 bits per heavy atom. The molecule has 0 bridgehead atoms. The van der Waals surface area contributed by atoms with Gasteiger partial charge in [-0.2, -0.15) is 0 Å². The molecule has 7 heterocycles. The SMILES string of the molecule is CC(C)(C)c1ccc2c(c1)Sc1cc(C(C)(C)C)cc3c1N2c1cc(-c2ccc4nc5c6[c-]cccc6c6ccccc6n5c4c2)cc2c1B3c1cc(C(C)(C)C)cc3c1N2c1ccc(C(C)(C)C)cc1S3.Cc1cnc(-c2[c-]cc(F)cc2)cc1C.[Ir]. The number of halogens is 1. The first-order valence-electron chi connectivity index (χ1n) is 30.4. The number of pyridine rings is 2. The quantitative estimate of drug-likeness (QED) is 0.0975. The first-order chi connectivity index (χ1) is 41.4. The van der Waals surface area contributed by atoms with Crippen molar-refractivity contribution in [3.8, 4) is 22.4 Å². The van der Waals surface area contributed by atoms with E-state index in [1.807, 2.05) is 55.7 Å². The maximum atomic E-state index is 12.7. The van der Waals surface area contributed by atoms with Crippen LogP contribution in [0.15, 0.2) is 184 Å². The maximum Gasteiger partial charge on any atom is 0.252 e. The summed E-state index contributed by atoms with van der Waals surface area (Å²) in [5, 5.41) is 3.41. The summed E-state index contributed by atoms with van der Waals surface area (Å²) in [6, 6.07) is 64.6. The van der Waals surface area contributed by atoms with Crippen molar-refractivity contribution in [1.82, 2.24) is 14.4 Å². The van der Waals surface area contributed by atoms with Crippen molar-refractivity contribution in [3.63, 3.8) is 0 Å². The Balaban J connectivity index is 0.000000372. The summed E-state index contributed by atoms with van der Waals surface area (Å²) < 4.78 is 15.1. The van der Waals surface area contributed by atoms with Crippen molar-refractivity contribution in [3.05, 3.63) is 215 Å². The molecule has 0 unspecified atom stereocenters. The third-order valence-corrected chi connectivity index (χ3v) is 20.6. The van der Waals surface area contributed by atoms with Crippen LogP contribution in [0.2, 0.25) is 0 Å². The molecule has 0 spiro atoms. The Kier molecular flexibility index (Phi) is 13.6. The minimum absolute atomic E-state index is 0. The Morgan fingerprint density at radius 2 is 1.07 bits per heavy atom. The van der Waals surface area contributed by atoms with Gasteiger partial charge in [-0.25, -0.2) is 0 Å². The van der Waals surface area contributed by atoms with Crippen molar-refractivity contribution < 1.29 is 24.5 Å². The van der Waals surface area contributed by atoms with Crippen molar-refractivity contribution in [2.24, 2.45) is 0 Å². The minimum Gasteiger partial charge on any atom is -0.333 e. The fourth-order valence-corrected chi connectivity index (χ4v) is 15.7. The van der Waals surface area contributed by atoms with E-state index in [9.17, 15) is 4.39 Å². The van der Waals surface area contributed by atoms with Crippen LogP contribution in [-0.2, 0) is 41.8 Å². The average molecular weight is 1360 g/mol. The maximum absolute atomic E-state index is 12.7. The molecule has 10 heteroatoms. The van der Waals surface area contributed by atoms with Gasteiger partial charge in [0.15, 0.2) is 0 Å². The van der Waals surface area contributed by atoms with Gasteiger partial charge in [0.25, 0.3) is 6.71 Å². The van der Waals surface area contributed by atoms with E-state index in [1.54, 1.807) is 6.07 Å². The van der Waals surface area contributed by atoms with Gasteiger partial charge in [0.1, 0.15) is 0 Å². The number of para-hydroxylation sites is 1. The van der Waals surface area contributed by atoms with Crippen molar-refractivity contribution in [2.45, 2.75) is 138 Å². The Morgan fingerprint density at radius 3 is 1.62 bits per heavy atom. The summed E-state index contributed by atoms with van der Waals surface area (Å²) in [4.78, 5) is 20.2. The van der Waals surface area contributed by atoms with Crippen molar-refractivity contribution in [2.75, 3.05) is 9.80 Å². The fourth-order valence-electron chi connectivity index (χ4n) is 13.4. The van der Waals surface area contributed by atoms with Crippen LogP contribution < -0.4 is 26.2 Å². The van der Waals surface area contributed by atoms with Crippen LogP contribution >= 0.6 is 23.5 Å². The molecule has 4 aliphatic heterocycles. The number of hydrogen-bond acceptors (Lipinski definition) is 6. The number of nitrogens with zero attached hydrogens (tertiary/aromatic N) is 5. The van der Waals surface area contributed by atoms with Gasteiger partial charge in [-0.05, 0) is 169 Å². The standard InChI is InChI=1S/C65H58BN4S2.C13H11FN.Ir/c1-62(2,3)38-22-25-49-54(32-38)71-56-34-40(64(7,8)9)30-45-59(56)68(49)52-28-37(36-21-24-47-51(27-36)70-48-20-16-15-18-43(48)42-17-13-14-19-44(42)61(70)67-47)29-53-58(52)66(45)46-31-41(65(10,11)12)35-57-60(46)69(53)50-26-23-39(63(4,5)6)33-55(50)72-57;1-9-7-13(15-8-10(9)2)11-3-5-12(14)6-4-11;/h13-18,20-35H,1-12H3;3,5-8H,1-2H3;/q2*-1;. The number of anilines is 6. The van der Waals surface area contributed by atoms with Gasteiger partial charge in [-0.3, -0.25) is 9.37 Å². The van der Waals surface area contributed by atoms with E-state index < -0.39 is 0 Å². The van der Waals surface area contributed by atoms with Gasteiger partial charge in [-0.1, -0.05) is 172 Å². The fraction of sp³-hybridized carbons (Fsp3) is 0.231. The zero-order valence-corrected chi connectivity index (χ0v) is 56.5. The Hall–Kier alpha value is -7.46. The number of aromatic nitrogens is 3. The Bertz CT molecular complexity index is 4760. The Labute approximate surface area is 539 Å². The monoisotopic (exact) mass is 1360 g/mol. The molecule has 88 heavy (non-hydrogen) atoms. The summed E-state index contributed by atoms with van der Waals surface area (Å²) in [5.74, 6) is -0.275. The van der Waals surface area contributed by atoms with Gasteiger partial charge in [-0.15, -0.1) is 59.5 Å². The molecule has 12 aromatic rings. The molecule has 0 amide bonds. The molecular formula is C78H69BFIrN5S2-2. The summed E-state index contributed by atoms with van der Waals surface area (Å²) >= 11 is 3.92. The van der Waals surface area contributed by atoms with Gasteiger partial charge >= 0.3 is 0 Å². The molecule has 0 atom stereocenters. The molecule has 16 rings (SSSR count). The molecule has 0 aliphatic carbocycles. The van der Waals surface area contributed by atoms with Gasteiger partial charge in [0.2, 0.25) is 0 Å². The first kappa shape index (κ1) is 58.2. The van der Waals surface area contributed by atoms with Crippen LogP contribution in [0, 0.1) is 31.8 Å². The molecule has 0 saturated carbocycles. The summed E-state index contributed by atoms with van der Waals surface area (Å²) in [6.45, 7) is 32.3. The molecule has 3 aromatic heterocycles. The molecule has 5 nitrogen and oxygen atoms in total. The number of rotatable bonds is 2. The summed E-state index contributed by atoms with van der Waals surface area (Å²) in [6.07, 6.45) is 1.82. The van der Waals surface area contributed by atoms with E-state index in [0.29, 0.717) is 0 Å². The molecular weight excluding hydrogens is 1290 g/mol. The molecule has 9 aromatic carbocycles. The minimum atomic E-state index is -0.275. The van der Waals surface area contributed by atoms with Crippen LogP contribution in [0.3, 0.4) is 0 Å². The van der Waals surface area contributed by atoms with E-state index in [1.165, 1.54) is 126 Å². The molecule has 439 valence electrons. The van der Waals surface area contributed by atoms with Crippen LogP contribution in [0.4, 0.5) is 38.5 Å². The van der Waals surface area contributed by atoms with Crippen LogP contribution in [0.25, 0.3) is 60.7 Å². The number of aryl methyl sites for hydroxylation is 2. The molecule has 0 fully saturated rings. The largest absolute Gasteiger partial charge is 0.333 e. The number of benzene rings is 9. The normalized spacial score (nSPS) is 13.8. The zero-order valence-electron chi connectivity index (χ0n) is 52.4. The van der Waals surface area contributed by atoms with Gasteiger partial charge in [0, 0.05) is 68.6 Å². The number of imidazole rings is 1. The van der Waals surface area contributed by atoms with Crippen LogP contribution in [0.5, 0.6) is 0 Å². The average Bonchev–Trinajstić information content (AvgIpc) is 0.745. The smallest absolute Gasteiger partial charge is 0.252 e.